The fourth-order valence-corrected chi connectivity index (χ4v) is 3.24. The summed E-state index contributed by atoms with van der Waals surface area (Å²) in [5, 5.41) is 11.1. The summed E-state index contributed by atoms with van der Waals surface area (Å²) in [6.07, 6.45) is -2.33. The monoisotopic (exact) mass is 426 g/mol. The molecule has 2 aromatic rings. The molecule has 1 aromatic carbocycles. The minimum Gasteiger partial charge on any atom is -0.406 e. The summed E-state index contributed by atoms with van der Waals surface area (Å²) in [6.45, 7) is 1.66. The van der Waals surface area contributed by atoms with Gasteiger partial charge < -0.3 is 20.1 Å². The van der Waals surface area contributed by atoms with Gasteiger partial charge in [0.25, 0.3) is 0 Å². The van der Waals surface area contributed by atoms with E-state index in [1.165, 1.54) is 12.1 Å². The Labute approximate surface area is 172 Å². The molecule has 164 valence electrons. The van der Waals surface area contributed by atoms with Crippen molar-refractivity contribution in [1.29, 1.82) is 0 Å². The summed E-state index contributed by atoms with van der Waals surface area (Å²) in [7, 11) is 3.31. The van der Waals surface area contributed by atoms with Gasteiger partial charge in [0.2, 0.25) is 0 Å². The number of methoxy groups -OCH3 is 1. The van der Waals surface area contributed by atoms with Crippen molar-refractivity contribution in [3.05, 3.63) is 41.5 Å². The number of benzene rings is 1. The zero-order valence-electron chi connectivity index (χ0n) is 16.9. The number of alkyl halides is 3. The van der Waals surface area contributed by atoms with E-state index in [9.17, 15) is 13.2 Å². The van der Waals surface area contributed by atoms with Gasteiger partial charge in [-0.15, -0.1) is 13.2 Å². The number of guanidine groups is 1. The van der Waals surface area contributed by atoms with Gasteiger partial charge in [-0.2, -0.15) is 5.10 Å². The zero-order chi connectivity index (χ0) is 21.6. The summed E-state index contributed by atoms with van der Waals surface area (Å²) >= 11 is 0. The van der Waals surface area contributed by atoms with Crippen LogP contribution in [0, 0.1) is 0 Å². The Morgan fingerprint density at radius 2 is 2.07 bits per heavy atom. The molecule has 11 heteroatoms. The number of aliphatic imine (C=N–C) groups is 1. The largest absolute Gasteiger partial charge is 0.573 e. The first kappa shape index (κ1) is 21.9. The number of ether oxygens (including phenoxy) is 2. The molecule has 1 aliphatic heterocycles. The molecule has 30 heavy (non-hydrogen) atoms. The lowest BCUT2D eigenvalue weighted by molar-refractivity contribution is -0.274. The maximum Gasteiger partial charge on any atom is 0.573 e. The molecule has 0 radical (unpaired) electrons. The number of nitrogens with one attached hydrogen (secondary N) is 2. The predicted octanol–water partition coefficient (Wildman–Crippen LogP) is 2.05. The summed E-state index contributed by atoms with van der Waals surface area (Å²) in [5.74, 6) is 2.08. The van der Waals surface area contributed by atoms with Crippen LogP contribution in [0.2, 0.25) is 0 Å². The van der Waals surface area contributed by atoms with Gasteiger partial charge in [-0.25, -0.2) is 9.67 Å². The van der Waals surface area contributed by atoms with Crippen LogP contribution < -0.4 is 15.4 Å². The van der Waals surface area contributed by atoms with E-state index in [1.54, 1.807) is 26.3 Å². The quantitative estimate of drug-likeness (QED) is 0.521. The van der Waals surface area contributed by atoms with Crippen LogP contribution in [0.25, 0.3) is 0 Å². The number of halogens is 3. The summed E-state index contributed by atoms with van der Waals surface area (Å²) in [5.41, 5.74) is 0.892. The Hall–Kier alpha value is -2.82. The SMILES string of the molecule is CN=C(NCCc1ccc(OC(F)(F)F)cc1)NC1CCc2nc(COC)nn2C1. The summed E-state index contributed by atoms with van der Waals surface area (Å²) in [4.78, 5) is 8.71. The van der Waals surface area contributed by atoms with E-state index in [1.807, 2.05) is 4.68 Å². The number of nitrogens with zero attached hydrogens (tertiary/aromatic N) is 4. The topological polar surface area (TPSA) is 85.6 Å². The molecule has 8 nitrogen and oxygen atoms in total. The second kappa shape index (κ2) is 9.79. The highest BCUT2D eigenvalue weighted by Gasteiger charge is 2.31. The lowest BCUT2D eigenvalue weighted by Crippen LogP contribution is -2.47. The number of aromatic nitrogens is 3. The Bertz CT molecular complexity index is 851. The average molecular weight is 426 g/mol. The van der Waals surface area contributed by atoms with Crippen molar-refractivity contribution in [2.45, 2.75) is 44.8 Å². The van der Waals surface area contributed by atoms with Gasteiger partial charge in [-0.3, -0.25) is 4.99 Å². The van der Waals surface area contributed by atoms with Gasteiger partial charge in [0.15, 0.2) is 11.8 Å². The van der Waals surface area contributed by atoms with Crippen molar-refractivity contribution in [3.63, 3.8) is 0 Å². The Balaban J connectivity index is 1.45. The smallest absolute Gasteiger partial charge is 0.406 e. The van der Waals surface area contributed by atoms with Crippen LogP contribution in [-0.2, 0) is 30.7 Å². The molecular formula is C19H25F3N6O2. The number of hydrogen-bond donors (Lipinski definition) is 2. The van der Waals surface area contributed by atoms with Gasteiger partial charge in [0.1, 0.15) is 18.2 Å². The number of hydrogen-bond acceptors (Lipinski definition) is 5. The van der Waals surface area contributed by atoms with Crippen LogP contribution in [0.15, 0.2) is 29.3 Å². The first-order valence-corrected chi connectivity index (χ1v) is 9.59. The van der Waals surface area contributed by atoms with E-state index < -0.39 is 6.36 Å². The lowest BCUT2D eigenvalue weighted by Gasteiger charge is -2.25. The fourth-order valence-electron chi connectivity index (χ4n) is 3.24. The molecule has 1 aliphatic rings. The highest BCUT2D eigenvalue weighted by molar-refractivity contribution is 5.79. The van der Waals surface area contributed by atoms with Crippen molar-refractivity contribution < 1.29 is 22.6 Å². The van der Waals surface area contributed by atoms with E-state index in [0.717, 1.165) is 24.2 Å². The van der Waals surface area contributed by atoms with Crippen molar-refractivity contribution in [2.24, 2.45) is 4.99 Å². The summed E-state index contributed by atoms with van der Waals surface area (Å²) in [6, 6.07) is 6.02. The molecule has 3 rings (SSSR count). The van der Waals surface area contributed by atoms with Crippen LogP contribution in [0.3, 0.4) is 0 Å². The first-order valence-electron chi connectivity index (χ1n) is 9.59. The third-order valence-corrected chi connectivity index (χ3v) is 4.60. The minimum atomic E-state index is -4.68. The molecule has 2 N–H and O–H groups in total. The number of rotatable bonds is 7. The third-order valence-electron chi connectivity index (χ3n) is 4.60. The van der Waals surface area contributed by atoms with Crippen molar-refractivity contribution in [1.82, 2.24) is 25.4 Å². The van der Waals surface area contributed by atoms with Gasteiger partial charge in [-0.05, 0) is 30.5 Å². The summed E-state index contributed by atoms with van der Waals surface area (Å²) < 4.78 is 47.5. The fraction of sp³-hybridized carbons (Fsp3) is 0.526. The molecular weight excluding hydrogens is 401 g/mol. The van der Waals surface area contributed by atoms with Crippen molar-refractivity contribution in [3.8, 4) is 5.75 Å². The van der Waals surface area contributed by atoms with E-state index in [-0.39, 0.29) is 11.8 Å². The van der Waals surface area contributed by atoms with Crippen LogP contribution in [-0.4, -0.2) is 53.8 Å². The average Bonchev–Trinajstić information content (AvgIpc) is 3.09. The molecule has 0 aliphatic carbocycles. The third kappa shape index (κ3) is 6.34. The first-order chi connectivity index (χ1) is 14.4. The number of aryl methyl sites for hydroxylation is 1. The minimum absolute atomic E-state index is 0.166. The van der Waals surface area contributed by atoms with E-state index in [4.69, 9.17) is 4.74 Å². The van der Waals surface area contributed by atoms with Crippen LogP contribution >= 0.6 is 0 Å². The van der Waals surface area contributed by atoms with Crippen LogP contribution in [0.1, 0.15) is 23.6 Å². The van der Waals surface area contributed by atoms with Gasteiger partial charge in [0.05, 0.1) is 6.54 Å². The van der Waals surface area contributed by atoms with E-state index >= 15 is 0 Å². The molecule has 1 unspecified atom stereocenters. The van der Waals surface area contributed by atoms with Crippen LogP contribution in [0.5, 0.6) is 5.75 Å². The second-order valence-electron chi connectivity index (χ2n) is 6.88. The van der Waals surface area contributed by atoms with Gasteiger partial charge in [-0.1, -0.05) is 12.1 Å². The van der Waals surface area contributed by atoms with Crippen LogP contribution in [0.4, 0.5) is 13.2 Å². The highest BCUT2D eigenvalue weighted by atomic mass is 19.4. The zero-order valence-corrected chi connectivity index (χ0v) is 16.9. The lowest BCUT2D eigenvalue weighted by atomic mass is 10.1. The molecule has 1 aromatic heterocycles. The molecule has 0 saturated heterocycles. The molecule has 0 bridgehead atoms. The van der Waals surface area contributed by atoms with Crippen molar-refractivity contribution in [2.75, 3.05) is 20.7 Å². The Morgan fingerprint density at radius 3 is 2.73 bits per heavy atom. The second-order valence-corrected chi connectivity index (χ2v) is 6.88. The van der Waals surface area contributed by atoms with Crippen molar-refractivity contribution >= 4 is 5.96 Å². The van der Waals surface area contributed by atoms with E-state index in [0.29, 0.717) is 37.9 Å². The number of fused-ring (bicyclic) bond motifs is 1. The normalized spacial score (nSPS) is 16.8. The Kier molecular flexibility index (Phi) is 7.14. The highest BCUT2D eigenvalue weighted by Crippen LogP contribution is 2.22. The molecule has 2 heterocycles. The molecule has 1 atom stereocenters. The standard InChI is InChI=1S/C19H25F3N6O2/c1-23-18(24-10-9-13-3-6-15(7-4-13)30-19(20,21)22)25-14-5-8-17-26-16(12-29-2)27-28(17)11-14/h3-4,6-7,14H,5,8-12H2,1-2H3,(H2,23,24,25). The maximum absolute atomic E-state index is 12.2. The molecule has 0 amide bonds. The van der Waals surface area contributed by atoms with E-state index in [2.05, 4.69) is 30.4 Å². The maximum atomic E-state index is 12.2. The molecule has 0 fully saturated rings. The predicted molar refractivity (Wildman–Crippen MR) is 104 cm³/mol. The molecule has 0 saturated carbocycles. The molecule has 0 spiro atoms. The van der Waals surface area contributed by atoms with Gasteiger partial charge in [0, 0.05) is 33.2 Å². The Morgan fingerprint density at radius 1 is 1.30 bits per heavy atom. The van der Waals surface area contributed by atoms with Gasteiger partial charge >= 0.3 is 6.36 Å².